The third-order valence-corrected chi connectivity index (χ3v) is 2.06. The van der Waals surface area contributed by atoms with Gasteiger partial charge in [0.15, 0.2) is 0 Å². The fourth-order valence-electron chi connectivity index (χ4n) is 1.34. The van der Waals surface area contributed by atoms with Crippen LogP contribution in [0.2, 0.25) is 0 Å². The van der Waals surface area contributed by atoms with Crippen molar-refractivity contribution in [2.45, 2.75) is 20.3 Å². The summed E-state index contributed by atoms with van der Waals surface area (Å²) >= 11 is 0. The summed E-state index contributed by atoms with van der Waals surface area (Å²) in [4.78, 5) is 4.46. The van der Waals surface area contributed by atoms with Gasteiger partial charge in [-0.15, -0.1) is 0 Å². The second-order valence-electron chi connectivity index (χ2n) is 3.29. The number of rotatable bonds is 5. The van der Waals surface area contributed by atoms with Crippen LogP contribution in [0.4, 0.5) is 0 Å². The Morgan fingerprint density at radius 3 is 2.36 bits per heavy atom. The zero-order valence-corrected chi connectivity index (χ0v) is 8.75. The summed E-state index contributed by atoms with van der Waals surface area (Å²) in [5.41, 5.74) is 2.33. The minimum absolute atomic E-state index is 0.533. The van der Waals surface area contributed by atoms with Gasteiger partial charge in [0.1, 0.15) is 5.75 Å². The smallest absolute Gasteiger partial charge is 0.125 e. The molecule has 0 spiro atoms. The standard InChI is InChI=1S/C11H17NO2/c1-9-5-3-6-10(2)11(9)13-7-4-8-14-12/h3,5-6H,4,7-8,12H2,1-2H3. The number of para-hydroxylation sites is 1. The highest BCUT2D eigenvalue weighted by Crippen LogP contribution is 2.22. The number of nitrogens with two attached hydrogens (primary N) is 1. The second kappa shape index (κ2) is 5.62. The Morgan fingerprint density at radius 2 is 1.79 bits per heavy atom. The third kappa shape index (κ3) is 3.01. The third-order valence-electron chi connectivity index (χ3n) is 2.06. The molecule has 0 amide bonds. The minimum Gasteiger partial charge on any atom is -0.493 e. The van der Waals surface area contributed by atoms with Crippen LogP contribution in [0.3, 0.4) is 0 Å². The maximum atomic E-state index is 5.63. The van der Waals surface area contributed by atoms with Gasteiger partial charge in [-0.05, 0) is 25.0 Å². The Bertz CT molecular complexity index is 266. The van der Waals surface area contributed by atoms with E-state index in [1.54, 1.807) is 0 Å². The van der Waals surface area contributed by atoms with E-state index in [1.165, 1.54) is 11.1 Å². The van der Waals surface area contributed by atoms with E-state index in [2.05, 4.69) is 4.84 Å². The summed E-state index contributed by atoms with van der Waals surface area (Å²) in [6.45, 7) is 5.26. The largest absolute Gasteiger partial charge is 0.493 e. The molecule has 3 nitrogen and oxygen atoms in total. The summed E-state index contributed by atoms with van der Waals surface area (Å²) in [6, 6.07) is 6.12. The molecular formula is C11H17NO2. The Kier molecular flexibility index (Phi) is 4.43. The van der Waals surface area contributed by atoms with Gasteiger partial charge in [0.2, 0.25) is 0 Å². The van der Waals surface area contributed by atoms with Crippen molar-refractivity contribution in [3.63, 3.8) is 0 Å². The Morgan fingerprint density at radius 1 is 1.14 bits per heavy atom. The molecule has 0 bridgehead atoms. The van der Waals surface area contributed by atoms with Crippen LogP contribution in [0.25, 0.3) is 0 Å². The fraction of sp³-hybridized carbons (Fsp3) is 0.455. The van der Waals surface area contributed by atoms with Gasteiger partial charge in [0, 0.05) is 6.42 Å². The summed E-state index contributed by atoms with van der Waals surface area (Å²) in [7, 11) is 0. The van der Waals surface area contributed by atoms with Gasteiger partial charge in [0.25, 0.3) is 0 Å². The minimum atomic E-state index is 0.533. The van der Waals surface area contributed by atoms with Gasteiger partial charge in [-0.25, -0.2) is 5.90 Å². The summed E-state index contributed by atoms with van der Waals surface area (Å²) < 4.78 is 5.63. The predicted molar refractivity (Wildman–Crippen MR) is 56.2 cm³/mol. The van der Waals surface area contributed by atoms with Crippen LogP contribution in [0.1, 0.15) is 17.5 Å². The first-order valence-corrected chi connectivity index (χ1v) is 4.76. The first-order chi connectivity index (χ1) is 6.75. The SMILES string of the molecule is Cc1cccc(C)c1OCCCON. The van der Waals surface area contributed by atoms with Gasteiger partial charge in [-0.3, -0.25) is 0 Å². The molecular weight excluding hydrogens is 178 g/mol. The molecule has 0 aliphatic carbocycles. The highest BCUT2D eigenvalue weighted by atomic mass is 16.6. The van der Waals surface area contributed by atoms with Crippen LogP contribution >= 0.6 is 0 Å². The Balaban J connectivity index is 2.49. The molecule has 0 saturated carbocycles. The van der Waals surface area contributed by atoms with E-state index in [4.69, 9.17) is 10.6 Å². The predicted octanol–water partition coefficient (Wildman–Crippen LogP) is 1.96. The molecule has 0 saturated heterocycles. The Labute approximate surface area is 84.8 Å². The summed E-state index contributed by atoms with van der Waals surface area (Å²) in [5, 5.41) is 0. The van der Waals surface area contributed by atoms with E-state index in [9.17, 15) is 0 Å². The lowest BCUT2D eigenvalue weighted by Crippen LogP contribution is -2.07. The maximum Gasteiger partial charge on any atom is 0.125 e. The summed E-state index contributed by atoms with van der Waals surface area (Å²) in [5.74, 6) is 5.89. The van der Waals surface area contributed by atoms with Crippen molar-refractivity contribution in [2.24, 2.45) is 5.90 Å². The molecule has 1 rings (SSSR count). The molecule has 78 valence electrons. The van der Waals surface area contributed by atoms with E-state index in [0.717, 1.165) is 12.2 Å². The van der Waals surface area contributed by atoms with Crippen LogP contribution in [-0.4, -0.2) is 13.2 Å². The summed E-state index contributed by atoms with van der Waals surface area (Å²) in [6.07, 6.45) is 0.810. The lowest BCUT2D eigenvalue weighted by molar-refractivity contribution is 0.122. The highest BCUT2D eigenvalue weighted by Gasteiger charge is 2.01. The van der Waals surface area contributed by atoms with Crippen molar-refractivity contribution in [1.82, 2.24) is 0 Å². The second-order valence-corrected chi connectivity index (χ2v) is 3.29. The first kappa shape index (κ1) is 11.0. The van der Waals surface area contributed by atoms with Crippen molar-refractivity contribution in [1.29, 1.82) is 0 Å². The van der Waals surface area contributed by atoms with Gasteiger partial charge >= 0.3 is 0 Å². The molecule has 0 aliphatic heterocycles. The lowest BCUT2D eigenvalue weighted by Gasteiger charge is -2.11. The normalized spacial score (nSPS) is 10.2. The number of benzene rings is 1. The lowest BCUT2D eigenvalue weighted by atomic mass is 10.1. The molecule has 0 fully saturated rings. The van der Waals surface area contributed by atoms with E-state index in [-0.39, 0.29) is 0 Å². The first-order valence-electron chi connectivity index (χ1n) is 4.76. The molecule has 1 aromatic rings. The average molecular weight is 195 g/mol. The molecule has 0 unspecified atom stereocenters. The average Bonchev–Trinajstić information content (AvgIpc) is 2.16. The molecule has 14 heavy (non-hydrogen) atoms. The van der Waals surface area contributed by atoms with Crippen molar-refractivity contribution < 1.29 is 9.57 Å². The highest BCUT2D eigenvalue weighted by molar-refractivity contribution is 5.39. The van der Waals surface area contributed by atoms with Crippen LogP contribution in [0.5, 0.6) is 5.75 Å². The van der Waals surface area contributed by atoms with Crippen molar-refractivity contribution in [3.05, 3.63) is 29.3 Å². The number of hydrogen-bond donors (Lipinski definition) is 1. The van der Waals surface area contributed by atoms with Crippen LogP contribution in [0.15, 0.2) is 18.2 Å². The molecule has 0 heterocycles. The van der Waals surface area contributed by atoms with Crippen LogP contribution in [-0.2, 0) is 4.84 Å². The quantitative estimate of drug-likeness (QED) is 0.577. The topological polar surface area (TPSA) is 44.5 Å². The van der Waals surface area contributed by atoms with Crippen molar-refractivity contribution in [3.8, 4) is 5.75 Å². The maximum absolute atomic E-state index is 5.63. The van der Waals surface area contributed by atoms with E-state index in [1.807, 2.05) is 32.0 Å². The molecule has 2 N–H and O–H groups in total. The number of aryl methyl sites for hydroxylation is 2. The van der Waals surface area contributed by atoms with Gasteiger partial charge in [0.05, 0.1) is 13.2 Å². The van der Waals surface area contributed by atoms with Crippen LogP contribution in [0, 0.1) is 13.8 Å². The monoisotopic (exact) mass is 195 g/mol. The fourth-order valence-corrected chi connectivity index (χ4v) is 1.34. The van der Waals surface area contributed by atoms with Crippen molar-refractivity contribution in [2.75, 3.05) is 13.2 Å². The van der Waals surface area contributed by atoms with E-state index >= 15 is 0 Å². The van der Waals surface area contributed by atoms with Gasteiger partial charge in [-0.2, -0.15) is 0 Å². The van der Waals surface area contributed by atoms with E-state index in [0.29, 0.717) is 13.2 Å². The number of ether oxygens (including phenoxy) is 1. The molecule has 0 aliphatic rings. The zero-order chi connectivity index (χ0) is 10.4. The molecule has 3 heteroatoms. The molecule has 0 atom stereocenters. The molecule has 0 radical (unpaired) electrons. The number of hydrogen-bond acceptors (Lipinski definition) is 3. The zero-order valence-electron chi connectivity index (χ0n) is 8.75. The molecule has 0 aromatic heterocycles. The Hall–Kier alpha value is -1.06. The van der Waals surface area contributed by atoms with E-state index < -0.39 is 0 Å². The van der Waals surface area contributed by atoms with Crippen molar-refractivity contribution >= 4 is 0 Å². The van der Waals surface area contributed by atoms with Gasteiger partial charge < -0.3 is 9.57 Å². The molecule has 1 aromatic carbocycles. The van der Waals surface area contributed by atoms with Gasteiger partial charge in [-0.1, -0.05) is 18.2 Å². The van der Waals surface area contributed by atoms with Crippen LogP contribution < -0.4 is 10.6 Å².